The van der Waals surface area contributed by atoms with Crippen LogP contribution in [0.25, 0.3) is 16.3 Å². The number of fused-ring (bicyclic) bond motifs is 1. The number of hydrogen-bond acceptors (Lipinski definition) is 6. The summed E-state index contributed by atoms with van der Waals surface area (Å²) in [6.07, 6.45) is 12.9. The smallest absolute Gasteiger partial charge is 0.533 e. The fourth-order valence-electron chi connectivity index (χ4n) is 5.01. The Bertz CT molecular complexity index is 1150. The Kier molecular flexibility index (Phi) is 23.1. The number of nitrogens with one attached hydrogen (secondary N) is 2. The van der Waals surface area contributed by atoms with Crippen LogP contribution in [-0.4, -0.2) is 68.0 Å². The second-order valence-corrected chi connectivity index (χ2v) is 11.4. The van der Waals surface area contributed by atoms with Gasteiger partial charge in [0.25, 0.3) is 5.56 Å². The Balaban J connectivity index is 0.000000613. The van der Waals surface area contributed by atoms with Crippen molar-refractivity contribution in [1.29, 1.82) is 0 Å². The van der Waals surface area contributed by atoms with E-state index in [0.29, 0.717) is 24.3 Å². The van der Waals surface area contributed by atoms with E-state index in [1.54, 1.807) is 32.5 Å². The van der Waals surface area contributed by atoms with Gasteiger partial charge in [0.15, 0.2) is 0 Å². The van der Waals surface area contributed by atoms with Crippen LogP contribution in [0.3, 0.4) is 0 Å². The van der Waals surface area contributed by atoms with Crippen molar-refractivity contribution in [3.05, 3.63) is 59.0 Å². The molecule has 1 aromatic carbocycles. The van der Waals surface area contributed by atoms with E-state index in [1.807, 2.05) is 39.1 Å². The van der Waals surface area contributed by atoms with Crippen molar-refractivity contribution in [3.63, 3.8) is 0 Å². The van der Waals surface area contributed by atoms with Gasteiger partial charge in [-0.05, 0) is 100 Å². The van der Waals surface area contributed by atoms with Crippen molar-refractivity contribution < 1.29 is 70.5 Å². The molecule has 0 bridgehead atoms. The van der Waals surface area contributed by atoms with E-state index in [9.17, 15) is 14.4 Å². The summed E-state index contributed by atoms with van der Waals surface area (Å²) < 4.78 is 5.05. The van der Waals surface area contributed by atoms with Crippen molar-refractivity contribution in [3.8, 4) is 5.75 Å². The van der Waals surface area contributed by atoms with Crippen LogP contribution in [0.5, 0.6) is 5.75 Å². The zero-order valence-corrected chi connectivity index (χ0v) is 31.6. The van der Waals surface area contributed by atoms with E-state index < -0.39 is 0 Å². The predicted molar refractivity (Wildman–Crippen MR) is 177 cm³/mol. The van der Waals surface area contributed by atoms with E-state index in [2.05, 4.69) is 41.1 Å². The number of benzene rings is 1. The Labute approximate surface area is 307 Å². The average molecular weight is 639 g/mol. The van der Waals surface area contributed by atoms with Gasteiger partial charge in [0, 0.05) is 30.7 Å². The number of aldehydes is 1. The maximum Gasteiger partial charge on any atom is 1.00 e. The molecule has 0 spiro atoms. The van der Waals surface area contributed by atoms with Crippen LogP contribution >= 0.6 is 0 Å². The first kappa shape index (κ1) is 42.6. The monoisotopic (exact) mass is 638 g/mol. The molecule has 2 aliphatic rings. The number of ether oxygens (including phenoxy) is 1. The molecule has 1 aliphatic carbocycles. The second kappa shape index (κ2) is 23.9. The van der Waals surface area contributed by atoms with Crippen molar-refractivity contribution in [2.24, 2.45) is 11.8 Å². The molecule has 1 aliphatic heterocycles. The first-order valence-corrected chi connectivity index (χ1v) is 15.6. The number of H-pyrrole nitrogens is 1. The normalized spacial score (nSPS) is 17.5. The molecule has 1 saturated carbocycles. The van der Waals surface area contributed by atoms with Crippen molar-refractivity contribution in [2.45, 2.75) is 90.6 Å². The number of likely N-dealkylation sites (N-methyl/N-ethyl adjacent to an activating group) is 1. The standard InChI is InChI=1S/C11H20N3O2.C11H20O.C10H9NO2.C2H6.K/c1-14-7-3-4-9(14)10(15)13-11(5-6-11)8-12-16-2;1-4-5-6-10(2)9-11(3)7-8-12;1-13-8-2-3-9-7(6-8)4-5-11-10(9)12;1-2;/h9H,3-8H2,1-2H3,(H,13,15);4,8,10-11H,1,5-7,9H2,2-3H3;2-6H,1H3,(H,11,12);1-2H3;/q-1;;;;+1/t;10-,11?;;;/m.1.../s1. The Morgan fingerprint density at radius 3 is 2.48 bits per heavy atom. The van der Waals surface area contributed by atoms with Gasteiger partial charge in [-0.15, -0.1) is 13.1 Å². The number of aromatic nitrogens is 1. The molecule has 44 heavy (non-hydrogen) atoms. The van der Waals surface area contributed by atoms with Crippen molar-refractivity contribution in [2.75, 3.05) is 34.4 Å². The third-order valence-electron chi connectivity index (χ3n) is 7.71. The molecule has 10 heteroatoms. The summed E-state index contributed by atoms with van der Waals surface area (Å²) in [5, 5.41) is 4.70. The molecular weight excluding hydrogens is 583 g/mol. The largest absolute Gasteiger partial charge is 1.00 e. The van der Waals surface area contributed by atoms with Gasteiger partial charge >= 0.3 is 51.4 Å². The Morgan fingerprint density at radius 1 is 1.23 bits per heavy atom. The maximum atomic E-state index is 12.0. The Hall–Kier alpha value is -1.37. The summed E-state index contributed by atoms with van der Waals surface area (Å²) in [6, 6.07) is 7.27. The number of allylic oxidation sites excluding steroid dienone is 1. The number of carbonyl (C=O) groups is 2. The number of nitrogens with zero attached hydrogens (tertiary/aromatic N) is 2. The van der Waals surface area contributed by atoms with Crippen LogP contribution in [0.1, 0.15) is 79.1 Å². The number of carbonyl (C=O) groups excluding carboxylic acids is 2. The van der Waals surface area contributed by atoms with E-state index in [0.717, 1.165) is 68.4 Å². The third kappa shape index (κ3) is 15.8. The minimum Gasteiger partial charge on any atom is -0.533 e. The zero-order valence-electron chi connectivity index (χ0n) is 28.5. The van der Waals surface area contributed by atoms with Gasteiger partial charge < -0.3 is 30.1 Å². The molecule has 4 rings (SSSR count). The number of hydrogen-bond donors (Lipinski definition) is 2. The van der Waals surface area contributed by atoms with Crippen LogP contribution in [0.4, 0.5) is 0 Å². The minimum atomic E-state index is -0.101. The first-order chi connectivity index (χ1) is 20.7. The van der Waals surface area contributed by atoms with E-state index in [-0.39, 0.29) is 74.4 Å². The second-order valence-electron chi connectivity index (χ2n) is 11.4. The van der Waals surface area contributed by atoms with Crippen molar-refractivity contribution >= 4 is 23.0 Å². The molecule has 1 amide bonds. The molecule has 2 fully saturated rings. The van der Waals surface area contributed by atoms with Gasteiger partial charge in [0.05, 0.1) is 13.2 Å². The van der Waals surface area contributed by atoms with Gasteiger partial charge in [-0.2, -0.15) is 0 Å². The van der Waals surface area contributed by atoms with Crippen LogP contribution in [0.15, 0.2) is 47.9 Å². The molecule has 9 nitrogen and oxygen atoms in total. The molecule has 2 heterocycles. The molecule has 2 N–H and O–H groups in total. The van der Waals surface area contributed by atoms with Gasteiger partial charge in [-0.1, -0.05) is 33.8 Å². The molecule has 0 radical (unpaired) electrons. The molecular formula is C34H55KN4O5. The molecule has 2 aromatic rings. The van der Waals surface area contributed by atoms with Crippen LogP contribution in [0, 0.1) is 11.8 Å². The van der Waals surface area contributed by atoms with Gasteiger partial charge in [0.1, 0.15) is 12.0 Å². The van der Waals surface area contributed by atoms with Crippen LogP contribution in [-0.2, 0) is 14.4 Å². The molecule has 2 unspecified atom stereocenters. The topological polar surface area (TPSA) is 115 Å². The number of amides is 1. The van der Waals surface area contributed by atoms with E-state index in [4.69, 9.17) is 9.57 Å². The van der Waals surface area contributed by atoms with E-state index >= 15 is 0 Å². The minimum absolute atomic E-state index is 0. The summed E-state index contributed by atoms with van der Waals surface area (Å²) in [5.41, 5.74) is 3.71. The average Bonchev–Trinajstić information content (AvgIpc) is 3.63. The summed E-state index contributed by atoms with van der Waals surface area (Å²) in [5.74, 6) is 2.18. The molecule has 242 valence electrons. The molecule has 3 atom stereocenters. The summed E-state index contributed by atoms with van der Waals surface area (Å²) >= 11 is 0. The number of aromatic amines is 1. The third-order valence-corrected chi connectivity index (χ3v) is 7.71. The van der Waals surface area contributed by atoms with Gasteiger partial charge in [-0.25, -0.2) is 0 Å². The summed E-state index contributed by atoms with van der Waals surface area (Å²) in [7, 11) is 5.16. The van der Waals surface area contributed by atoms with Gasteiger partial charge in [-0.3, -0.25) is 14.5 Å². The summed E-state index contributed by atoms with van der Waals surface area (Å²) in [4.78, 5) is 43.0. The van der Waals surface area contributed by atoms with Gasteiger partial charge in [0.2, 0.25) is 5.91 Å². The van der Waals surface area contributed by atoms with E-state index in [1.165, 1.54) is 6.42 Å². The number of likely N-dealkylation sites (tertiary alicyclic amines) is 1. The van der Waals surface area contributed by atoms with Crippen LogP contribution < -0.4 is 67.0 Å². The van der Waals surface area contributed by atoms with Crippen LogP contribution in [0.2, 0.25) is 0 Å². The predicted octanol–water partition coefficient (Wildman–Crippen LogP) is 3.44. The first-order valence-electron chi connectivity index (χ1n) is 15.6. The number of pyridine rings is 1. The van der Waals surface area contributed by atoms with Crippen molar-refractivity contribution in [1.82, 2.24) is 15.2 Å². The number of rotatable bonds is 13. The quantitative estimate of drug-likeness (QED) is 0.150. The molecule has 1 aromatic heterocycles. The number of hydroxylamine groups is 1. The maximum absolute atomic E-state index is 12.0. The summed E-state index contributed by atoms with van der Waals surface area (Å²) in [6.45, 7) is 13.7. The Morgan fingerprint density at radius 2 is 1.93 bits per heavy atom. The fourth-order valence-corrected chi connectivity index (χ4v) is 5.01. The molecule has 1 saturated heterocycles. The zero-order chi connectivity index (χ0) is 32.3. The fraction of sp³-hybridized carbons (Fsp3) is 0.618. The number of methoxy groups -OCH3 is 1. The SMILES string of the molecule is C=CCC[C@@H](C)CC(C)CC=O.CC.CO[N-]CC1(NC(=O)C2CCCN2C)CC1.COc1ccc2c(=O)[nH]ccc2c1.[K+].